The molecule has 0 saturated carbocycles. The Morgan fingerprint density at radius 1 is 1.07 bits per heavy atom. The first-order valence-electron chi connectivity index (χ1n) is 3.89. The standard InChI is InChI=1S/C9H6F4O2/c1-3-6(10)8(12)4(2-5(14)15)9(13)7(3)11/h2H2,1H3,(H,14,15). The molecule has 1 N–H and O–H groups in total. The van der Waals surface area contributed by atoms with E-state index in [1.54, 1.807) is 0 Å². The van der Waals surface area contributed by atoms with E-state index >= 15 is 0 Å². The van der Waals surface area contributed by atoms with E-state index in [0.717, 1.165) is 6.92 Å². The first-order chi connectivity index (χ1) is 6.86. The third-order valence-electron chi connectivity index (χ3n) is 1.90. The lowest BCUT2D eigenvalue weighted by atomic mass is 10.1. The van der Waals surface area contributed by atoms with Crippen LogP contribution in [0.3, 0.4) is 0 Å². The van der Waals surface area contributed by atoms with Crippen LogP contribution in [-0.2, 0) is 11.2 Å². The fraction of sp³-hybridized carbons (Fsp3) is 0.222. The smallest absolute Gasteiger partial charge is 0.308 e. The van der Waals surface area contributed by atoms with Crippen molar-refractivity contribution in [2.24, 2.45) is 0 Å². The summed E-state index contributed by atoms with van der Waals surface area (Å²) in [6.07, 6.45) is -1.11. The van der Waals surface area contributed by atoms with Gasteiger partial charge in [0.15, 0.2) is 23.3 Å². The van der Waals surface area contributed by atoms with Crippen LogP contribution in [0.15, 0.2) is 0 Å². The highest BCUT2D eigenvalue weighted by molar-refractivity contribution is 5.70. The van der Waals surface area contributed by atoms with E-state index in [9.17, 15) is 22.4 Å². The molecule has 1 aromatic rings. The maximum absolute atomic E-state index is 13.0. The van der Waals surface area contributed by atoms with Crippen LogP contribution in [0.25, 0.3) is 0 Å². The van der Waals surface area contributed by atoms with Gasteiger partial charge in [0.1, 0.15) is 0 Å². The minimum atomic E-state index is -1.66. The number of hydrogen-bond acceptors (Lipinski definition) is 1. The zero-order valence-electron chi connectivity index (χ0n) is 7.57. The van der Waals surface area contributed by atoms with Gasteiger partial charge in [-0.1, -0.05) is 0 Å². The zero-order chi connectivity index (χ0) is 11.7. The van der Waals surface area contributed by atoms with Crippen LogP contribution >= 0.6 is 0 Å². The Bertz CT molecular complexity index is 400. The van der Waals surface area contributed by atoms with Crippen LogP contribution in [0.4, 0.5) is 17.6 Å². The highest BCUT2D eigenvalue weighted by Gasteiger charge is 2.24. The molecule has 6 heteroatoms. The molecule has 0 aliphatic carbocycles. The van der Waals surface area contributed by atoms with Crippen molar-refractivity contribution in [3.8, 4) is 0 Å². The predicted octanol–water partition coefficient (Wildman–Crippen LogP) is 2.18. The van der Waals surface area contributed by atoms with Crippen molar-refractivity contribution in [3.05, 3.63) is 34.4 Å². The maximum atomic E-state index is 13.0. The van der Waals surface area contributed by atoms with Crippen LogP contribution in [0.1, 0.15) is 11.1 Å². The van der Waals surface area contributed by atoms with Gasteiger partial charge in [0.25, 0.3) is 0 Å². The van der Waals surface area contributed by atoms with Gasteiger partial charge in [0.2, 0.25) is 0 Å². The quantitative estimate of drug-likeness (QED) is 0.615. The van der Waals surface area contributed by atoms with Gasteiger partial charge in [-0.15, -0.1) is 0 Å². The largest absolute Gasteiger partial charge is 0.481 e. The molecule has 0 amide bonds. The summed E-state index contributed by atoms with van der Waals surface area (Å²) in [6.45, 7) is 0.862. The molecular weight excluding hydrogens is 216 g/mol. The molecule has 1 rings (SSSR count). The van der Waals surface area contributed by atoms with Crippen molar-refractivity contribution >= 4 is 5.97 Å². The van der Waals surface area contributed by atoms with Gasteiger partial charge in [-0.05, 0) is 6.92 Å². The second kappa shape index (κ2) is 3.88. The monoisotopic (exact) mass is 222 g/mol. The van der Waals surface area contributed by atoms with Gasteiger partial charge < -0.3 is 5.11 Å². The Morgan fingerprint density at radius 3 is 1.80 bits per heavy atom. The second-order valence-electron chi connectivity index (χ2n) is 2.93. The van der Waals surface area contributed by atoms with E-state index in [4.69, 9.17) is 5.11 Å². The fourth-order valence-corrected chi connectivity index (χ4v) is 1.09. The van der Waals surface area contributed by atoms with Crippen molar-refractivity contribution in [1.29, 1.82) is 0 Å². The molecular formula is C9H6F4O2. The van der Waals surface area contributed by atoms with Gasteiger partial charge in [-0.25, -0.2) is 17.6 Å². The van der Waals surface area contributed by atoms with Gasteiger partial charge in [-0.2, -0.15) is 0 Å². The molecule has 0 radical (unpaired) electrons. The number of carboxylic acids is 1. The third kappa shape index (κ3) is 1.93. The lowest BCUT2D eigenvalue weighted by molar-refractivity contribution is -0.136. The number of benzene rings is 1. The average molecular weight is 222 g/mol. The Hall–Kier alpha value is -1.59. The molecule has 82 valence electrons. The topological polar surface area (TPSA) is 37.3 Å². The highest BCUT2D eigenvalue weighted by Crippen LogP contribution is 2.23. The first-order valence-corrected chi connectivity index (χ1v) is 3.89. The van der Waals surface area contributed by atoms with E-state index in [-0.39, 0.29) is 0 Å². The number of aliphatic carboxylic acids is 1. The number of halogens is 4. The minimum absolute atomic E-state index is 0.806. The molecule has 0 atom stereocenters. The van der Waals surface area contributed by atoms with Crippen molar-refractivity contribution in [3.63, 3.8) is 0 Å². The van der Waals surface area contributed by atoms with E-state index in [0.29, 0.717) is 0 Å². The van der Waals surface area contributed by atoms with Crippen LogP contribution in [0, 0.1) is 30.2 Å². The summed E-state index contributed by atoms with van der Waals surface area (Å²) in [5.41, 5.74) is -1.91. The number of carboxylic acid groups (broad SMARTS) is 1. The molecule has 0 heterocycles. The number of rotatable bonds is 2. The third-order valence-corrected chi connectivity index (χ3v) is 1.90. The SMILES string of the molecule is Cc1c(F)c(F)c(CC(=O)O)c(F)c1F. The van der Waals surface area contributed by atoms with E-state index in [1.807, 2.05) is 0 Å². The van der Waals surface area contributed by atoms with Gasteiger partial charge in [0, 0.05) is 11.1 Å². The molecule has 0 fully saturated rings. The zero-order valence-corrected chi connectivity index (χ0v) is 7.57. The summed E-state index contributed by atoms with van der Waals surface area (Å²) in [5, 5.41) is 8.29. The van der Waals surface area contributed by atoms with Crippen LogP contribution in [-0.4, -0.2) is 11.1 Å². The summed E-state index contributed by atoms with van der Waals surface area (Å²) in [6, 6.07) is 0. The van der Waals surface area contributed by atoms with Gasteiger partial charge in [-0.3, -0.25) is 4.79 Å². The minimum Gasteiger partial charge on any atom is -0.481 e. The van der Waals surface area contributed by atoms with Crippen LogP contribution in [0.2, 0.25) is 0 Å². The molecule has 0 aromatic heterocycles. The van der Waals surface area contributed by atoms with E-state index < -0.39 is 46.8 Å². The van der Waals surface area contributed by atoms with Crippen molar-refractivity contribution in [2.75, 3.05) is 0 Å². The highest BCUT2D eigenvalue weighted by atomic mass is 19.2. The fourth-order valence-electron chi connectivity index (χ4n) is 1.09. The van der Waals surface area contributed by atoms with Crippen molar-refractivity contribution in [2.45, 2.75) is 13.3 Å². The Kier molecular flexibility index (Phi) is 2.97. The van der Waals surface area contributed by atoms with E-state index in [1.165, 1.54) is 0 Å². The lowest BCUT2D eigenvalue weighted by Crippen LogP contribution is -2.10. The summed E-state index contributed by atoms with van der Waals surface area (Å²) in [5.74, 6) is -8.02. The summed E-state index contributed by atoms with van der Waals surface area (Å²) >= 11 is 0. The predicted molar refractivity (Wildman–Crippen MR) is 42.4 cm³/mol. The van der Waals surface area contributed by atoms with Crippen molar-refractivity contribution < 1.29 is 27.5 Å². The first kappa shape index (κ1) is 11.5. The lowest BCUT2D eigenvalue weighted by Gasteiger charge is -2.07. The summed E-state index contributed by atoms with van der Waals surface area (Å²) in [7, 11) is 0. The molecule has 1 aromatic carbocycles. The van der Waals surface area contributed by atoms with Crippen molar-refractivity contribution in [1.82, 2.24) is 0 Å². The molecule has 0 aliphatic heterocycles. The summed E-state index contributed by atoms with van der Waals surface area (Å²) < 4.78 is 51.9. The molecule has 0 spiro atoms. The Balaban J connectivity index is 3.45. The number of carbonyl (C=O) groups is 1. The molecule has 0 bridgehead atoms. The van der Waals surface area contributed by atoms with E-state index in [2.05, 4.69) is 0 Å². The molecule has 0 saturated heterocycles. The van der Waals surface area contributed by atoms with Gasteiger partial charge in [0.05, 0.1) is 6.42 Å². The molecule has 0 unspecified atom stereocenters. The van der Waals surface area contributed by atoms with Crippen LogP contribution < -0.4 is 0 Å². The number of hydrogen-bond donors (Lipinski definition) is 1. The Morgan fingerprint density at radius 2 is 1.47 bits per heavy atom. The molecule has 0 aliphatic rings. The maximum Gasteiger partial charge on any atom is 0.308 e. The van der Waals surface area contributed by atoms with Crippen LogP contribution in [0.5, 0.6) is 0 Å². The second-order valence-corrected chi connectivity index (χ2v) is 2.93. The Labute approximate surface area is 82.1 Å². The summed E-state index contributed by atoms with van der Waals surface area (Å²) in [4.78, 5) is 10.2. The molecule has 15 heavy (non-hydrogen) atoms. The average Bonchev–Trinajstić information content (AvgIpc) is 2.18. The van der Waals surface area contributed by atoms with Gasteiger partial charge >= 0.3 is 5.97 Å². The normalized spacial score (nSPS) is 10.5. The molecule has 2 nitrogen and oxygen atoms in total.